The predicted octanol–water partition coefficient (Wildman–Crippen LogP) is 4.97. The molecule has 0 saturated heterocycles. The first-order chi connectivity index (χ1) is 16.5. The maximum absolute atomic E-state index is 13.6. The van der Waals surface area contributed by atoms with Gasteiger partial charge in [0.05, 0.1) is 20.3 Å². The highest BCUT2D eigenvalue weighted by Gasteiger charge is 2.55. The molecule has 3 aromatic carbocycles. The number of esters is 2. The van der Waals surface area contributed by atoms with Gasteiger partial charge in [-0.3, -0.25) is 4.79 Å². The Bertz CT molecular complexity index is 1150. The van der Waals surface area contributed by atoms with Gasteiger partial charge in [-0.1, -0.05) is 64.5 Å². The molecule has 0 spiro atoms. The summed E-state index contributed by atoms with van der Waals surface area (Å²) >= 11 is 3.45. The summed E-state index contributed by atoms with van der Waals surface area (Å²) in [5.74, 6) is -0.690. The zero-order chi connectivity index (χ0) is 24.1. The lowest BCUT2D eigenvalue weighted by Crippen LogP contribution is -2.49. The van der Waals surface area contributed by atoms with Gasteiger partial charge in [-0.2, -0.15) is 0 Å². The fraction of sp³-hybridized carbons (Fsp3) is 0.231. The topological polar surface area (TPSA) is 83.1 Å². The van der Waals surface area contributed by atoms with Crippen LogP contribution in [0, 0.1) is 0 Å². The highest BCUT2D eigenvalue weighted by molar-refractivity contribution is 9.10. The lowest BCUT2D eigenvalue weighted by molar-refractivity contribution is -0.209. The fourth-order valence-corrected chi connectivity index (χ4v) is 4.30. The van der Waals surface area contributed by atoms with Crippen LogP contribution in [0.5, 0.6) is 5.75 Å². The first kappa shape index (κ1) is 23.8. The Morgan fingerprint density at radius 3 is 2.29 bits per heavy atom. The van der Waals surface area contributed by atoms with E-state index in [1.807, 2.05) is 60.7 Å². The maximum Gasteiger partial charge on any atom is 0.345 e. The van der Waals surface area contributed by atoms with Crippen LogP contribution in [0.25, 0.3) is 0 Å². The molecular weight excluding hydrogens is 502 g/mol. The van der Waals surface area contributed by atoms with Gasteiger partial charge in [-0.05, 0) is 35.9 Å². The maximum atomic E-state index is 13.6. The summed E-state index contributed by atoms with van der Waals surface area (Å²) in [5.41, 5.74) is 0.287. The number of hydrogen-bond donors (Lipinski definition) is 1. The summed E-state index contributed by atoms with van der Waals surface area (Å²) in [6.07, 6.45) is -1.33. The molecule has 1 aliphatic rings. The van der Waals surface area contributed by atoms with E-state index in [1.54, 1.807) is 18.2 Å². The summed E-state index contributed by atoms with van der Waals surface area (Å²) in [6.45, 7) is 0. The Labute approximate surface area is 206 Å². The van der Waals surface area contributed by atoms with Crippen LogP contribution >= 0.6 is 15.9 Å². The van der Waals surface area contributed by atoms with Gasteiger partial charge in [0.2, 0.25) is 11.9 Å². The van der Waals surface area contributed by atoms with Gasteiger partial charge < -0.3 is 24.3 Å². The smallest absolute Gasteiger partial charge is 0.345 e. The van der Waals surface area contributed by atoms with Crippen LogP contribution < -0.4 is 10.1 Å². The van der Waals surface area contributed by atoms with Crippen molar-refractivity contribution in [1.29, 1.82) is 0 Å². The third-order valence-electron chi connectivity index (χ3n) is 5.62. The van der Waals surface area contributed by atoms with Gasteiger partial charge in [0.15, 0.2) is 0 Å². The third kappa shape index (κ3) is 4.64. The molecule has 1 aliphatic heterocycles. The Hall–Kier alpha value is -3.36. The van der Waals surface area contributed by atoms with Crippen molar-refractivity contribution in [2.45, 2.75) is 24.4 Å². The molecule has 4 rings (SSSR count). The van der Waals surface area contributed by atoms with Crippen molar-refractivity contribution >= 4 is 33.6 Å². The van der Waals surface area contributed by atoms with Gasteiger partial charge >= 0.3 is 11.9 Å². The first-order valence-electron chi connectivity index (χ1n) is 10.6. The Balaban J connectivity index is 1.95. The Morgan fingerprint density at radius 1 is 0.941 bits per heavy atom. The van der Waals surface area contributed by atoms with Gasteiger partial charge in [0.25, 0.3) is 0 Å². The van der Waals surface area contributed by atoms with Crippen LogP contribution in [0.1, 0.15) is 23.6 Å². The number of nitrogens with one attached hydrogen (secondary N) is 1. The lowest BCUT2D eigenvalue weighted by atomic mass is 9.81. The van der Waals surface area contributed by atoms with Gasteiger partial charge in [-0.25, -0.2) is 4.79 Å². The van der Waals surface area contributed by atoms with Crippen molar-refractivity contribution in [2.75, 3.05) is 19.5 Å². The molecule has 3 aromatic rings. The monoisotopic (exact) mass is 525 g/mol. The number of ether oxygens (including phenoxy) is 4. The van der Waals surface area contributed by atoms with Gasteiger partial charge in [-0.15, -0.1) is 0 Å². The quantitative estimate of drug-likeness (QED) is 0.455. The number of para-hydroxylation sites is 1. The van der Waals surface area contributed by atoms with Crippen LogP contribution in [0.2, 0.25) is 0 Å². The second-order valence-corrected chi connectivity index (χ2v) is 8.58. The standard InChI is InChI=1S/C26H24BrNO6/c1-31-22(29)16-23-33-21-11-7-6-10-20(21)24(28-19-14-12-18(27)13-15-19)26(34-23,25(30)32-2)17-8-4-3-5-9-17/h3-15,23-24,28H,16H2,1-2H3/t23-,24+,26+/m0/s1. The molecule has 0 bridgehead atoms. The number of halogens is 1. The zero-order valence-electron chi connectivity index (χ0n) is 18.7. The first-order valence-corrected chi connectivity index (χ1v) is 11.4. The molecule has 0 aliphatic carbocycles. The molecule has 1 N–H and O–H groups in total. The van der Waals surface area contributed by atoms with Gasteiger partial charge in [0, 0.05) is 15.7 Å². The summed E-state index contributed by atoms with van der Waals surface area (Å²) in [7, 11) is 2.59. The van der Waals surface area contributed by atoms with E-state index in [0.717, 1.165) is 10.2 Å². The third-order valence-corrected chi connectivity index (χ3v) is 6.15. The molecule has 0 amide bonds. The summed E-state index contributed by atoms with van der Waals surface area (Å²) in [6, 6.07) is 23.1. The van der Waals surface area contributed by atoms with Gasteiger partial charge in [0.1, 0.15) is 12.2 Å². The summed E-state index contributed by atoms with van der Waals surface area (Å²) < 4.78 is 23.6. The number of fused-ring (bicyclic) bond motifs is 1. The van der Waals surface area contributed by atoms with Crippen molar-refractivity contribution in [3.63, 3.8) is 0 Å². The molecule has 0 aromatic heterocycles. The van der Waals surface area contributed by atoms with Crippen LogP contribution in [0.4, 0.5) is 5.69 Å². The molecular formula is C26H24BrNO6. The molecule has 34 heavy (non-hydrogen) atoms. The molecule has 3 atom stereocenters. The number of methoxy groups -OCH3 is 2. The van der Waals surface area contributed by atoms with E-state index in [0.29, 0.717) is 16.9 Å². The van der Waals surface area contributed by atoms with Crippen LogP contribution in [0.3, 0.4) is 0 Å². The molecule has 0 fully saturated rings. The molecule has 176 valence electrons. The number of rotatable bonds is 6. The lowest BCUT2D eigenvalue weighted by Gasteiger charge is -2.38. The largest absolute Gasteiger partial charge is 0.469 e. The highest BCUT2D eigenvalue weighted by Crippen LogP contribution is 2.48. The van der Waals surface area contributed by atoms with Crippen molar-refractivity contribution in [3.05, 3.63) is 94.5 Å². The average molecular weight is 526 g/mol. The van der Waals surface area contributed by atoms with E-state index in [9.17, 15) is 9.59 Å². The SMILES string of the molecule is COC(=O)C[C@H]1Oc2ccccc2[C@@H](Nc2ccc(Br)cc2)[C@@](C(=O)OC)(c2ccccc2)O1. The Morgan fingerprint density at radius 2 is 1.62 bits per heavy atom. The number of benzene rings is 3. The van der Waals surface area contributed by atoms with E-state index in [-0.39, 0.29) is 6.42 Å². The van der Waals surface area contributed by atoms with E-state index < -0.39 is 29.9 Å². The van der Waals surface area contributed by atoms with E-state index in [1.165, 1.54) is 14.2 Å². The molecule has 1 heterocycles. The average Bonchev–Trinajstić information content (AvgIpc) is 3.00. The van der Waals surface area contributed by atoms with Crippen LogP contribution in [0.15, 0.2) is 83.3 Å². The Kier molecular flexibility index (Phi) is 7.19. The minimum atomic E-state index is -1.69. The molecule has 7 nitrogen and oxygen atoms in total. The second kappa shape index (κ2) is 10.3. The van der Waals surface area contributed by atoms with Crippen molar-refractivity contribution in [2.24, 2.45) is 0 Å². The van der Waals surface area contributed by atoms with Crippen LogP contribution in [-0.4, -0.2) is 32.4 Å². The zero-order valence-corrected chi connectivity index (χ0v) is 20.3. The second-order valence-electron chi connectivity index (χ2n) is 7.66. The minimum absolute atomic E-state index is 0.221. The highest BCUT2D eigenvalue weighted by atomic mass is 79.9. The molecule has 0 radical (unpaired) electrons. The van der Waals surface area contributed by atoms with Crippen molar-refractivity contribution in [3.8, 4) is 5.75 Å². The molecule has 0 saturated carbocycles. The minimum Gasteiger partial charge on any atom is -0.469 e. The predicted molar refractivity (Wildman–Crippen MR) is 129 cm³/mol. The normalized spacial score (nSPS) is 21.4. The summed E-state index contributed by atoms with van der Waals surface area (Å²) in [5, 5.41) is 3.45. The van der Waals surface area contributed by atoms with Crippen molar-refractivity contribution in [1.82, 2.24) is 0 Å². The van der Waals surface area contributed by atoms with E-state index in [2.05, 4.69) is 21.2 Å². The van der Waals surface area contributed by atoms with Crippen LogP contribution in [-0.2, 0) is 29.4 Å². The van der Waals surface area contributed by atoms with Crippen molar-refractivity contribution < 1.29 is 28.5 Å². The molecule has 8 heteroatoms. The number of anilines is 1. The molecule has 0 unspecified atom stereocenters. The number of carbonyl (C=O) groups is 2. The van der Waals surface area contributed by atoms with E-state index in [4.69, 9.17) is 18.9 Å². The fourth-order valence-electron chi connectivity index (χ4n) is 4.04. The number of carbonyl (C=O) groups excluding carboxylic acids is 2. The summed E-state index contributed by atoms with van der Waals surface area (Å²) in [4.78, 5) is 25.8. The van der Waals surface area contributed by atoms with E-state index >= 15 is 0 Å². The number of hydrogen-bond acceptors (Lipinski definition) is 7.